The van der Waals surface area contributed by atoms with Crippen molar-refractivity contribution in [1.29, 1.82) is 0 Å². The van der Waals surface area contributed by atoms with Gasteiger partial charge in [-0.15, -0.1) is 0 Å². The van der Waals surface area contributed by atoms with Crippen LogP contribution in [0.4, 0.5) is 0 Å². The number of benzene rings is 1. The summed E-state index contributed by atoms with van der Waals surface area (Å²) >= 11 is 0. The lowest BCUT2D eigenvalue weighted by molar-refractivity contribution is -0.883. The number of aromatic amines is 1. The van der Waals surface area contributed by atoms with Crippen LogP contribution in [0.1, 0.15) is 5.82 Å². The Hall–Kier alpha value is -2.10. The number of hydrogen-bond donors (Lipinski definition) is 2. The van der Waals surface area contributed by atoms with Gasteiger partial charge in [-0.1, -0.05) is 12.1 Å². The van der Waals surface area contributed by atoms with E-state index < -0.39 is 0 Å². The van der Waals surface area contributed by atoms with E-state index in [0.29, 0.717) is 0 Å². The Kier molecular flexibility index (Phi) is 1.48. The standard InChI is InChI=1S/C11H9N3O/c1-7-12-9-6-14(15)10-5-3-2-4-8(10)11(9)13-7/h2-6,15H,1H3/p+1. The molecule has 0 bridgehead atoms. The van der Waals surface area contributed by atoms with Gasteiger partial charge < -0.3 is 4.98 Å². The van der Waals surface area contributed by atoms with Gasteiger partial charge >= 0.3 is 0 Å². The maximum absolute atomic E-state index is 9.75. The minimum absolute atomic E-state index is 0.761. The molecule has 3 rings (SSSR count). The Morgan fingerprint density at radius 1 is 1.33 bits per heavy atom. The van der Waals surface area contributed by atoms with Crippen LogP contribution in [0.5, 0.6) is 0 Å². The summed E-state index contributed by atoms with van der Waals surface area (Å²) in [7, 11) is 0. The number of aromatic nitrogens is 3. The van der Waals surface area contributed by atoms with Crippen molar-refractivity contribution in [2.24, 2.45) is 0 Å². The molecule has 2 aromatic heterocycles. The molecule has 3 aromatic rings. The SMILES string of the molecule is Cc1nc2c(c[n+](O)c3ccccc23)[nH]1. The molecule has 0 spiro atoms. The third-order valence-electron chi connectivity index (χ3n) is 2.51. The van der Waals surface area contributed by atoms with Gasteiger partial charge in [0, 0.05) is 10.8 Å². The molecule has 0 unspecified atom stereocenters. The van der Waals surface area contributed by atoms with Gasteiger partial charge in [-0.2, -0.15) is 0 Å². The van der Waals surface area contributed by atoms with Crippen molar-refractivity contribution < 1.29 is 9.94 Å². The Balaban J connectivity index is 2.62. The number of nitrogens with one attached hydrogen (secondary N) is 1. The smallest absolute Gasteiger partial charge is 0.266 e. The van der Waals surface area contributed by atoms with Crippen molar-refractivity contribution in [2.45, 2.75) is 6.92 Å². The normalized spacial score (nSPS) is 11.3. The average Bonchev–Trinajstić information content (AvgIpc) is 2.59. The molecule has 0 saturated heterocycles. The van der Waals surface area contributed by atoms with Crippen molar-refractivity contribution in [3.63, 3.8) is 0 Å². The molecular formula is C11H10N3O+. The fraction of sp³-hybridized carbons (Fsp3) is 0.0909. The predicted octanol–water partition coefficient (Wildman–Crippen LogP) is 1.55. The highest BCUT2D eigenvalue weighted by Gasteiger charge is 2.14. The van der Waals surface area contributed by atoms with E-state index in [-0.39, 0.29) is 0 Å². The topological polar surface area (TPSA) is 52.8 Å². The molecule has 0 fully saturated rings. The molecule has 0 atom stereocenters. The highest BCUT2D eigenvalue weighted by Crippen LogP contribution is 2.19. The van der Waals surface area contributed by atoms with Gasteiger partial charge in [0.1, 0.15) is 16.9 Å². The second-order valence-electron chi connectivity index (χ2n) is 3.58. The molecule has 0 aliphatic carbocycles. The Morgan fingerprint density at radius 3 is 3.00 bits per heavy atom. The Labute approximate surface area is 85.8 Å². The zero-order valence-corrected chi connectivity index (χ0v) is 8.23. The first-order valence-corrected chi connectivity index (χ1v) is 4.75. The van der Waals surface area contributed by atoms with Gasteiger partial charge in [-0.25, -0.2) is 4.98 Å². The van der Waals surface area contributed by atoms with Crippen LogP contribution in [0, 0.1) is 6.92 Å². The zero-order valence-electron chi connectivity index (χ0n) is 8.23. The second-order valence-corrected chi connectivity index (χ2v) is 3.58. The molecule has 0 radical (unpaired) electrons. The lowest BCUT2D eigenvalue weighted by Crippen LogP contribution is -2.30. The van der Waals surface area contributed by atoms with Crippen LogP contribution >= 0.6 is 0 Å². The molecule has 4 nitrogen and oxygen atoms in total. The summed E-state index contributed by atoms with van der Waals surface area (Å²) in [5.74, 6) is 0.848. The van der Waals surface area contributed by atoms with E-state index in [2.05, 4.69) is 9.97 Å². The van der Waals surface area contributed by atoms with Crippen LogP contribution in [-0.4, -0.2) is 15.2 Å². The summed E-state index contributed by atoms with van der Waals surface area (Å²) in [5, 5.41) is 10.7. The van der Waals surface area contributed by atoms with Gasteiger partial charge in [0.2, 0.25) is 6.20 Å². The maximum Gasteiger partial charge on any atom is 0.266 e. The van der Waals surface area contributed by atoms with E-state index >= 15 is 0 Å². The van der Waals surface area contributed by atoms with E-state index in [4.69, 9.17) is 0 Å². The number of imidazole rings is 1. The summed E-state index contributed by atoms with van der Waals surface area (Å²) in [6.45, 7) is 1.90. The van der Waals surface area contributed by atoms with E-state index in [0.717, 1.165) is 32.5 Å². The third kappa shape index (κ3) is 1.08. The number of rotatable bonds is 0. The summed E-state index contributed by atoms with van der Waals surface area (Å²) in [6.07, 6.45) is 1.64. The molecule has 74 valence electrons. The summed E-state index contributed by atoms with van der Waals surface area (Å²) < 4.78 is 1.12. The van der Waals surface area contributed by atoms with Crippen LogP contribution in [0.3, 0.4) is 0 Å². The maximum atomic E-state index is 9.75. The van der Waals surface area contributed by atoms with Gasteiger partial charge in [0.15, 0.2) is 0 Å². The van der Waals surface area contributed by atoms with Gasteiger partial charge in [-0.05, 0) is 13.0 Å². The number of pyridine rings is 1. The summed E-state index contributed by atoms with van der Waals surface area (Å²) in [5.41, 5.74) is 2.50. The number of para-hydroxylation sites is 1. The molecule has 0 aliphatic rings. The Bertz CT molecular complexity index is 657. The lowest BCUT2D eigenvalue weighted by Gasteiger charge is -1.93. The van der Waals surface area contributed by atoms with Crippen LogP contribution in [0.25, 0.3) is 21.9 Å². The number of fused-ring (bicyclic) bond motifs is 3. The van der Waals surface area contributed by atoms with Crippen molar-refractivity contribution in [1.82, 2.24) is 9.97 Å². The molecular weight excluding hydrogens is 190 g/mol. The third-order valence-corrected chi connectivity index (χ3v) is 2.51. The monoisotopic (exact) mass is 200 g/mol. The zero-order chi connectivity index (χ0) is 10.4. The molecule has 4 heteroatoms. The molecule has 2 heterocycles. The highest BCUT2D eigenvalue weighted by atomic mass is 16.5. The first-order chi connectivity index (χ1) is 7.25. The minimum Gasteiger partial charge on any atom is -0.337 e. The second kappa shape index (κ2) is 2.70. The van der Waals surface area contributed by atoms with Gasteiger partial charge in [0.05, 0.1) is 5.39 Å². The van der Waals surface area contributed by atoms with Crippen molar-refractivity contribution in [2.75, 3.05) is 0 Å². The Morgan fingerprint density at radius 2 is 2.13 bits per heavy atom. The first-order valence-electron chi connectivity index (χ1n) is 4.75. The first kappa shape index (κ1) is 8.23. The molecule has 0 amide bonds. The molecule has 0 aliphatic heterocycles. The number of H-pyrrole nitrogens is 1. The summed E-state index contributed by atoms with van der Waals surface area (Å²) in [6, 6.07) is 7.63. The van der Waals surface area contributed by atoms with E-state index in [9.17, 15) is 5.21 Å². The van der Waals surface area contributed by atoms with E-state index in [1.807, 2.05) is 31.2 Å². The number of hydrogen-bond acceptors (Lipinski definition) is 2. The minimum atomic E-state index is 0.761. The van der Waals surface area contributed by atoms with E-state index in [1.54, 1.807) is 6.20 Å². The fourth-order valence-electron chi connectivity index (χ4n) is 1.87. The van der Waals surface area contributed by atoms with Crippen LogP contribution < -0.4 is 4.73 Å². The molecule has 0 saturated carbocycles. The van der Waals surface area contributed by atoms with Crippen molar-refractivity contribution in [3.8, 4) is 0 Å². The van der Waals surface area contributed by atoms with Gasteiger partial charge in [-0.3, -0.25) is 5.21 Å². The van der Waals surface area contributed by atoms with Crippen molar-refractivity contribution >= 4 is 21.9 Å². The fourth-order valence-corrected chi connectivity index (χ4v) is 1.87. The average molecular weight is 200 g/mol. The number of nitrogens with zero attached hydrogens (tertiary/aromatic N) is 2. The molecule has 1 aromatic carbocycles. The quantitative estimate of drug-likeness (QED) is 0.427. The lowest BCUT2D eigenvalue weighted by atomic mass is 10.2. The molecule has 2 N–H and O–H groups in total. The largest absolute Gasteiger partial charge is 0.337 e. The summed E-state index contributed by atoms with van der Waals surface area (Å²) in [4.78, 5) is 7.50. The highest BCUT2D eigenvalue weighted by molar-refractivity contribution is 5.99. The van der Waals surface area contributed by atoms with Gasteiger partial charge in [0.25, 0.3) is 5.52 Å². The van der Waals surface area contributed by atoms with Crippen LogP contribution in [0.2, 0.25) is 0 Å². The van der Waals surface area contributed by atoms with Crippen LogP contribution in [0.15, 0.2) is 30.5 Å². The van der Waals surface area contributed by atoms with Crippen LogP contribution in [-0.2, 0) is 0 Å². The molecule has 15 heavy (non-hydrogen) atoms. The van der Waals surface area contributed by atoms with Crippen molar-refractivity contribution in [3.05, 3.63) is 36.3 Å². The number of aryl methyl sites for hydroxylation is 1. The van der Waals surface area contributed by atoms with E-state index in [1.165, 1.54) is 0 Å². The predicted molar refractivity (Wildman–Crippen MR) is 55.7 cm³/mol.